The molecule has 1 fully saturated rings. The molecule has 2 aliphatic rings. The van der Waals surface area contributed by atoms with Crippen molar-refractivity contribution in [3.05, 3.63) is 48.3 Å². The summed E-state index contributed by atoms with van der Waals surface area (Å²) in [7, 11) is 0. The molecule has 6 nitrogen and oxygen atoms in total. The molecule has 0 atom stereocenters. The Hall–Kier alpha value is -2.74. The van der Waals surface area contributed by atoms with Crippen LogP contribution < -0.4 is 14.8 Å². The molecule has 4 rings (SSSR count). The number of amides is 2. The summed E-state index contributed by atoms with van der Waals surface area (Å²) < 4.78 is 24.3. The largest absolute Gasteiger partial charge is 0.454 e. The van der Waals surface area contributed by atoms with Gasteiger partial charge in [0.25, 0.3) is 0 Å². The lowest BCUT2D eigenvalue weighted by Gasteiger charge is -2.31. The van der Waals surface area contributed by atoms with Crippen LogP contribution in [0.15, 0.2) is 47.4 Å². The maximum absolute atomic E-state index is 13.6. The van der Waals surface area contributed by atoms with Gasteiger partial charge < -0.3 is 19.7 Å². The SMILES string of the molecule is O=C(Nc1ccc2c(c1)OCO2)C1CCN(C(=O)CCSc2ccccc2F)CC1. The van der Waals surface area contributed by atoms with E-state index in [1.54, 1.807) is 41.3 Å². The van der Waals surface area contributed by atoms with Crippen molar-refractivity contribution in [1.82, 2.24) is 4.90 Å². The van der Waals surface area contributed by atoms with Crippen molar-refractivity contribution in [2.24, 2.45) is 5.92 Å². The van der Waals surface area contributed by atoms with Gasteiger partial charge in [-0.2, -0.15) is 0 Å². The number of ether oxygens (including phenoxy) is 2. The molecule has 30 heavy (non-hydrogen) atoms. The number of nitrogens with one attached hydrogen (secondary N) is 1. The van der Waals surface area contributed by atoms with Crippen LogP contribution >= 0.6 is 11.8 Å². The summed E-state index contributed by atoms with van der Waals surface area (Å²) in [5.41, 5.74) is 0.674. The second kappa shape index (κ2) is 9.38. The number of hydrogen-bond acceptors (Lipinski definition) is 5. The van der Waals surface area contributed by atoms with Crippen molar-refractivity contribution >= 4 is 29.3 Å². The second-order valence-corrected chi connectivity index (χ2v) is 8.38. The van der Waals surface area contributed by atoms with Gasteiger partial charge in [-0.05, 0) is 37.1 Å². The van der Waals surface area contributed by atoms with Gasteiger partial charge in [0.15, 0.2) is 11.5 Å². The smallest absolute Gasteiger partial charge is 0.231 e. The fraction of sp³-hybridized carbons (Fsp3) is 0.364. The molecule has 0 bridgehead atoms. The van der Waals surface area contributed by atoms with Crippen LogP contribution in [-0.4, -0.2) is 42.3 Å². The zero-order valence-corrected chi connectivity index (χ0v) is 17.3. The first kappa shape index (κ1) is 20.5. The summed E-state index contributed by atoms with van der Waals surface area (Å²) in [5, 5.41) is 2.93. The van der Waals surface area contributed by atoms with Crippen LogP contribution in [0.5, 0.6) is 11.5 Å². The van der Waals surface area contributed by atoms with Gasteiger partial charge in [0.2, 0.25) is 18.6 Å². The zero-order valence-electron chi connectivity index (χ0n) is 16.4. The Labute approximate surface area is 178 Å². The van der Waals surface area contributed by atoms with E-state index in [1.807, 2.05) is 0 Å². The van der Waals surface area contributed by atoms with Gasteiger partial charge in [-0.25, -0.2) is 4.39 Å². The van der Waals surface area contributed by atoms with Crippen molar-refractivity contribution in [3.63, 3.8) is 0 Å². The van der Waals surface area contributed by atoms with Gasteiger partial charge in [-0.3, -0.25) is 9.59 Å². The highest BCUT2D eigenvalue weighted by atomic mass is 32.2. The minimum atomic E-state index is -0.260. The summed E-state index contributed by atoms with van der Waals surface area (Å²) in [6.07, 6.45) is 1.61. The first-order chi connectivity index (χ1) is 14.6. The Kier molecular flexibility index (Phi) is 6.42. The minimum Gasteiger partial charge on any atom is -0.454 e. The number of anilines is 1. The number of fused-ring (bicyclic) bond motifs is 1. The van der Waals surface area contributed by atoms with E-state index in [4.69, 9.17) is 9.47 Å². The molecule has 0 aromatic heterocycles. The number of carbonyl (C=O) groups excluding carboxylic acids is 2. The number of thioether (sulfide) groups is 1. The number of rotatable bonds is 6. The number of piperidine rings is 1. The van der Waals surface area contributed by atoms with Crippen molar-refractivity contribution in [2.45, 2.75) is 24.2 Å². The van der Waals surface area contributed by atoms with Gasteiger partial charge in [0, 0.05) is 47.8 Å². The van der Waals surface area contributed by atoms with Crippen LogP contribution in [0.25, 0.3) is 0 Å². The Morgan fingerprint density at radius 1 is 1.10 bits per heavy atom. The van der Waals surface area contributed by atoms with Crippen molar-refractivity contribution in [1.29, 1.82) is 0 Å². The average molecular weight is 431 g/mol. The third-order valence-electron chi connectivity index (χ3n) is 5.27. The molecule has 2 heterocycles. The first-order valence-electron chi connectivity index (χ1n) is 9.96. The van der Waals surface area contributed by atoms with E-state index in [0.717, 1.165) is 0 Å². The summed E-state index contributed by atoms with van der Waals surface area (Å²) in [6.45, 7) is 1.31. The number of likely N-dealkylation sites (tertiary alicyclic amines) is 1. The van der Waals surface area contributed by atoms with E-state index in [0.29, 0.717) is 60.2 Å². The van der Waals surface area contributed by atoms with Crippen LogP contribution in [0.1, 0.15) is 19.3 Å². The summed E-state index contributed by atoms with van der Waals surface area (Å²) in [4.78, 5) is 27.4. The highest BCUT2D eigenvalue weighted by Gasteiger charge is 2.27. The number of benzene rings is 2. The molecule has 1 saturated heterocycles. The molecule has 0 saturated carbocycles. The summed E-state index contributed by atoms with van der Waals surface area (Å²) in [5.74, 6) is 1.44. The van der Waals surface area contributed by atoms with E-state index in [-0.39, 0.29) is 30.3 Å². The van der Waals surface area contributed by atoms with Crippen molar-refractivity contribution in [2.75, 3.05) is 31.0 Å². The van der Waals surface area contributed by atoms with Gasteiger partial charge in [-0.1, -0.05) is 12.1 Å². The van der Waals surface area contributed by atoms with Crippen LogP contribution in [0.4, 0.5) is 10.1 Å². The lowest BCUT2D eigenvalue weighted by atomic mass is 9.95. The maximum atomic E-state index is 13.6. The number of nitrogens with zero attached hydrogens (tertiary/aromatic N) is 1. The highest BCUT2D eigenvalue weighted by molar-refractivity contribution is 7.99. The third kappa shape index (κ3) is 4.87. The Morgan fingerprint density at radius 3 is 2.67 bits per heavy atom. The zero-order chi connectivity index (χ0) is 20.9. The maximum Gasteiger partial charge on any atom is 0.231 e. The minimum absolute atomic E-state index is 0.0453. The number of hydrogen-bond donors (Lipinski definition) is 1. The summed E-state index contributed by atoms with van der Waals surface area (Å²) >= 11 is 1.35. The van der Waals surface area contributed by atoms with E-state index < -0.39 is 0 Å². The number of halogens is 1. The average Bonchev–Trinajstić information content (AvgIpc) is 3.23. The van der Waals surface area contributed by atoms with E-state index in [1.165, 1.54) is 17.8 Å². The van der Waals surface area contributed by atoms with Gasteiger partial charge in [0.1, 0.15) is 5.82 Å². The van der Waals surface area contributed by atoms with E-state index in [2.05, 4.69) is 5.32 Å². The quantitative estimate of drug-likeness (QED) is 0.704. The van der Waals surface area contributed by atoms with Crippen LogP contribution in [-0.2, 0) is 9.59 Å². The summed E-state index contributed by atoms with van der Waals surface area (Å²) in [6, 6.07) is 11.9. The molecule has 0 spiro atoms. The number of carbonyl (C=O) groups is 2. The fourth-order valence-electron chi connectivity index (χ4n) is 3.58. The van der Waals surface area contributed by atoms with Crippen LogP contribution in [0.3, 0.4) is 0 Å². The van der Waals surface area contributed by atoms with Gasteiger partial charge >= 0.3 is 0 Å². The van der Waals surface area contributed by atoms with E-state index in [9.17, 15) is 14.0 Å². The van der Waals surface area contributed by atoms with Crippen molar-refractivity contribution < 1.29 is 23.5 Å². The molecule has 158 valence electrons. The Morgan fingerprint density at radius 2 is 1.87 bits per heavy atom. The molecule has 2 amide bonds. The van der Waals surface area contributed by atoms with E-state index >= 15 is 0 Å². The Balaban J connectivity index is 1.21. The lowest BCUT2D eigenvalue weighted by Crippen LogP contribution is -2.41. The molecule has 2 aromatic rings. The van der Waals surface area contributed by atoms with Gasteiger partial charge in [-0.15, -0.1) is 11.8 Å². The molecule has 0 radical (unpaired) electrons. The molecule has 2 aromatic carbocycles. The topological polar surface area (TPSA) is 67.9 Å². The molecular formula is C22H23FN2O4S. The van der Waals surface area contributed by atoms with Crippen LogP contribution in [0, 0.1) is 11.7 Å². The highest BCUT2D eigenvalue weighted by Crippen LogP contribution is 2.34. The molecule has 8 heteroatoms. The molecular weight excluding hydrogens is 407 g/mol. The first-order valence-corrected chi connectivity index (χ1v) is 10.9. The fourth-order valence-corrected chi connectivity index (χ4v) is 4.46. The van der Waals surface area contributed by atoms with Crippen molar-refractivity contribution in [3.8, 4) is 11.5 Å². The predicted octanol–water partition coefficient (Wildman–Crippen LogP) is 3.91. The van der Waals surface area contributed by atoms with Gasteiger partial charge in [0.05, 0.1) is 0 Å². The lowest BCUT2D eigenvalue weighted by molar-refractivity contribution is -0.134. The normalized spacial score (nSPS) is 15.8. The Bertz CT molecular complexity index is 931. The predicted molar refractivity (Wildman–Crippen MR) is 112 cm³/mol. The second-order valence-electron chi connectivity index (χ2n) is 7.24. The molecule has 1 N–H and O–H groups in total. The molecule has 0 unspecified atom stereocenters. The molecule has 0 aliphatic carbocycles. The monoisotopic (exact) mass is 430 g/mol. The van der Waals surface area contributed by atoms with Crippen LogP contribution in [0.2, 0.25) is 0 Å². The molecule has 2 aliphatic heterocycles. The third-order valence-corrected chi connectivity index (χ3v) is 6.32. The standard InChI is InChI=1S/C22H23FN2O4S/c23-17-3-1-2-4-20(17)30-12-9-21(26)25-10-7-15(8-11-25)22(27)24-16-5-6-18-19(13-16)29-14-28-18/h1-6,13,15H,7-12,14H2,(H,24,27).